The molecule has 4 nitrogen and oxygen atoms in total. The van der Waals surface area contributed by atoms with E-state index in [0.717, 1.165) is 19.5 Å². The van der Waals surface area contributed by atoms with Crippen LogP contribution < -0.4 is 5.32 Å². The highest BCUT2D eigenvalue weighted by Crippen LogP contribution is 2.35. The second-order valence-electron chi connectivity index (χ2n) is 5.95. The van der Waals surface area contributed by atoms with Gasteiger partial charge in [0, 0.05) is 37.2 Å². The highest BCUT2D eigenvalue weighted by molar-refractivity contribution is 5.24. The molecule has 0 bridgehead atoms. The van der Waals surface area contributed by atoms with Crippen molar-refractivity contribution in [2.75, 3.05) is 0 Å². The van der Waals surface area contributed by atoms with E-state index in [1.807, 2.05) is 12.4 Å². The van der Waals surface area contributed by atoms with Gasteiger partial charge in [0.1, 0.15) is 0 Å². The third kappa shape index (κ3) is 2.40. The zero-order chi connectivity index (χ0) is 14.1. The number of nitrogens with zero attached hydrogens (tertiary/aromatic N) is 3. The standard InChI is InChI=1S/C17H20N4/c1-2-4-13(5-3-1)17(14-6-8-18-9-7-14)21-12-15-10-19-11-16(15)20-21/h1-2,6-9,12-13,17,19H,3-5,10-11H2. The minimum absolute atomic E-state index is 0.323. The van der Waals surface area contributed by atoms with Crippen LogP contribution in [-0.4, -0.2) is 14.8 Å². The maximum atomic E-state index is 4.85. The van der Waals surface area contributed by atoms with Crippen molar-refractivity contribution in [2.24, 2.45) is 5.92 Å². The molecular weight excluding hydrogens is 260 g/mol. The minimum Gasteiger partial charge on any atom is -0.307 e. The van der Waals surface area contributed by atoms with Gasteiger partial charge in [0.05, 0.1) is 11.7 Å². The zero-order valence-corrected chi connectivity index (χ0v) is 12.1. The van der Waals surface area contributed by atoms with Crippen LogP contribution in [-0.2, 0) is 13.1 Å². The Morgan fingerprint density at radius 3 is 2.86 bits per heavy atom. The van der Waals surface area contributed by atoms with Crippen LogP contribution in [0.25, 0.3) is 0 Å². The monoisotopic (exact) mass is 280 g/mol. The van der Waals surface area contributed by atoms with E-state index < -0.39 is 0 Å². The minimum atomic E-state index is 0.323. The maximum Gasteiger partial charge on any atom is 0.0807 e. The molecule has 2 aliphatic rings. The van der Waals surface area contributed by atoms with Crippen molar-refractivity contribution in [2.45, 2.75) is 38.4 Å². The van der Waals surface area contributed by atoms with Crippen LogP contribution in [0, 0.1) is 5.92 Å². The van der Waals surface area contributed by atoms with Gasteiger partial charge in [0.2, 0.25) is 0 Å². The van der Waals surface area contributed by atoms with E-state index in [2.05, 4.69) is 45.5 Å². The fourth-order valence-corrected chi connectivity index (χ4v) is 3.53. The van der Waals surface area contributed by atoms with Crippen LogP contribution in [0.15, 0.2) is 42.9 Å². The third-order valence-electron chi connectivity index (χ3n) is 4.59. The molecule has 0 radical (unpaired) electrons. The van der Waals surface area contributed by atoms with E-state index in [-0.39, 0.29) is 0 Å². The average Bonchev–Trinajstić information content (AvgIpc) is 3.11. The molecule has 3 heterocycles. The van der Waals surface area contributed by atoms with Crippen molar-refractivity contribution >= 4 is 0 Å². The van der Waals surface area contributed by atoms with E-state index >= 15 is 0 Å². The summed E-state index contributed by atoms with van der Waals surface area (Å²) in [6, 6.07) is 4.59. The largest absolute Gasteiger partial charge is 0.307 e. The van der Waals surface area contributed by atoms with Gasteiger partial charge >= 0.3 is 0 Å². The van der Waals surface area contributed by atoms with Crippen molar-refractivity contribution < 1.29 is 0 Å². The van der Waals surface area contributed by atoms with Crippen LogP contribution >= 0.6 is 0 Å². The Morgan fingerprint density at radius 2 is 2.10 bits per heavy atom. The number of allylic oxidation sites excluding steroid dienone is 2. The normalized spacial score (nSPS) is 22.2. The lowest BCUT2D eigenvalue weighted by atomic mass is 9.84. The van der Waals surface area contributed by atoms with Crippen molar-refractivity contribution in [1.29, 1.82) is 0 Å². The van der Waals surface area contributed by atoms with Crippen LogP contribution in [0.2, 0.25) is 0 Å². The Hall–Kier alpha value is -1.94. The lowest BCUT2D eigenvalue weighted by Crippen LogP contribution is -2.23. The van der Waals surface area contributed by atoms with E-state index in [0.29, 0.717) is 12.0 Å². The van der Waals surface area contributed by atoms with Gasteiger partial charge in [-0.15, -0.1) is 0 Å². The quantitative estimate of drug-likeness (QED) is 0.879. The summed E-state index contributed by atoms with van der Waals surface area (Å²) < 4.78 is 2.20. The number of hydrogen-bond donors (Lipinski definition) is 1. The highest BCUT2D eigenvalue weighted by atomic mass is 15.3. The first kappa shape index (κ1) is 12.8. The Balaban J connectivity index is 1.73. The van der Waals surface area contributed by atoms with Crippen LogP contribution in [0.1, 0.15) is 42.1 Å². The Bertz CT molecular complexity index is 623. The Labute approximate surface area is 124 Å². The highest BCUT2D eigenvalue weighted by Gasteiger charge is 2.27. The summed E-state index contributed by atoms with van der Waals surface area (Å²) in [7, 11) is 0. The second kappa shape index (κ2) is 5.45. The van der Waals surface area contributed by atoms with E-state index in [9.17, 15) is 0 Å². The molecule has 0 fully saturated rings. The summed E-state index contributed by atoms with van der Waals surface area (Å²) in [5, 5.41) is 8.21. The van der Waals surface area contributed by atoms with Crippen molar-refractivity contribution in [1.82, 2.24) is 20.1 Å². The lowest BCUT2D eigenvalue weighted by Gasteiger charge is -2.29. The third-order valence-corrected chi connectivity index (χ3v) is 4.59. The molecule has 2 atom stereocenters. The van der Waals surface area contributed by atoms with Crippen molar-refractivity contribution in [3.05, 3.63) is 59.7 Å². The van der Waals surface area contributed by atoms with Crippen LogP contribution in [0.5, 0.6) is 0 Å². The molecule has 0 saturated heterocycles. The molecule has 2 aromatic rings. The Morgan fingerprint density at radius 1 is 1.19 bits per heavy atom. The number of hydrogen-bond acceptors (Lipinski definition) is 3. The molecule has 4 rings (SSSR count). The molecule has 2 unspecified atom stereocenters. The van der Waals surface area contributed by atoms with Gasteiger partial charge in [-0.05, 0) is 42.9 Å². The van der Waals surface area contributed by atoms with Crippen LogP contribution in [0.3, 0.4) is 0 Å². The molecule has 1 aliphatic heterocycles. The number of pyridine rings is 1. The molecule has 108 valence electrons. The van der Waals surface area contributed by atoms with Crippen LogP contribution in [0.4, 0.5) is 0 Å². The molecule has 1 N–H and O–H groups in total. The fourth-order valence-electron chi connectivity index (χ4n) is 3.53. The van der Waals surface area contributed by atoms with Crippen molar-refractivity contribution in [3.63, 3.8) is 0 Å². The summed E-state index contributed by atoms with van der Waals surface area (Å²) in [5.41, 5.74) is 3.88. The summed E-state index contributed by atoms with van der Waals surface area (Å²) in [6.45, 7) is 1.85. The first-order chi connectivity index (χ1) is 10.4. The molecule has 0 saturated carbocycles. The number of nitrogens with one attached hydrogen (secondary N) is 1. The SMILES string of the molecule is C1=CCC(C(c2ccncc2)n2cc3c(n2)CNC3)CC1. The molecule has 21 heavy (non-hydrogen) atoms. The summed E-state index contributed by atoms with van der Waals surface area (Å²) in [4.78, 5) is 4.16. The van der Waals surface area contributed by atoms with E-state index in [1.54, 1.807) is 0 Å². The van der Waals surface area contributed by atoms with Gasteiger partial charge in [-0.2, -0.15) is 5.10 Å². The first-order valence-corrected chi connectivity index (χ1v) is 7.74. The molecular formula is C17H20N4. The molecule has 0 aromatic carbocycles. The predicted molar refractivity (Wildman–Crippen MR) is 81.6 cm³/mol. The summed E-state index contributed by atoms with van der Waals surface area (Å²) in [5.74, 6) is 0.616. The second-order valence-corrected chi connectivity index (χ2v) is 5.95. The van der Waals surface area contributed by atoms with Gasteiger partial charge in [-0.25, -0.2) is 0 Å². The van der Waals surface area contributed by atoms with Gasteiger partial charge < -0.3 is 5.32 Å². The molecule has 1 aliphatic carbocycles. The maximum absolute atomic E-state index is 4.85. The zero-order valence-electron chi connectivity index (χ0n) is 12.1. The Kier molecular flexibility index (Phi) is 3.31. The molecule has 2 aromatic heterocycles. The summed E-state index contributed by atoms with van der Waals surface area (Å²) >= 11 is 0. The van der Waals surface area contributed by atoms with Gasteiger partial charge in [-0.3, -0.25) is 9.67 Å². The van der Waals surface area contributed by atoms with E-state index in [1.165, 1.54) is 29.7 Å². The predicted octanol–water partition coefficient (Wildman–Crippen LogP) is 2.83. The van der Waals surface area contributed by atoms with Gasteiger partial charge in [-0.1, -0.05) is 12.2 Å². The number of fused-ring (bicyclic) bond motifs is 1. The average molecular weight is 280 g/mol. The number of aromatic nitrogens is 3. The van der Waals surface area contributed by atoms with Crippen molar-refractivity contribution in [3.8, 4) is 0 Å². The molecule has 0 amide bonds. The van der Waals surface area contributed by atoms with E-state index in [4.69, 9.17) is 5.10 Å². The van der Waals surface area contributed by atoms with Gasteiger partial charge in [0.15, 0.2) is 0 Å². The van der Waals surface area contributed by atoms with Gasteiger partial charge in [0.25, 0.3) is 0 Å². The molecule has 4 heteroatoms. The topological polar surface area (TPSA) is 42.7 Å². The smallest absolute Gasteiger partial charge is 0.0807 e. The number of rotatable bonds is 3. The summed E-state index contributed by atoms with van der Waals surface area (Å²) in [6.07, 6.45) is 14.2. The fraction of sp³-hybridized carbons (Fsp3) is 0.412. The first-order valence-electron chi connectivity index (χ1n) is 7.74. The lowest BCUT2D eigenvalue weighted by molar-refractivity contribution is 0.326. The molecule has 0 spiro atoms.